The maximum atomic E-state index is 11.5. The molecule has 0 radical (unpaired) electrons. The summed E-state index contributed by atoms with van der Waals surface area (Å²) in [4.78, 5) is 21.6. The Bertz CT molecular complexity index is 218. The van der Waals surface area contributed by atoms with Crippen LogP contribution in [0.4, 0.5) is 0 Å². The molecule has 0 bridgehead atoms. The van der Waals surface area contributed by atoms with Gasteiger partial charge in [-0.25, -0.2) is 0 Å². The normalized spacial score (nSPS) is 14.9. The minimum absolute atomic E-state index is 0.140. The molecular weight excluding hydrogens is 208 g/mol. The zero-order chi connectivity index (χ0) is 12.3. The van der Waals surface area contributed by atoms with Crippen molar-refractivity contribution in [1.82, 2.24) is 0 Å². The maximum Gasteiger partial charge on any atom is 0.308 e. The third kappa shape index (κ3) is 4.34. The van der Waals surface area contributed by atoms with E-state index in [4.69, 9.17) is 4.74 Å². The van der Waals surface area contributed by atoms with Gasteiger partial charge in [-0.2, -0.15) is 0 Å². The van der Waals surface area contributed by atoms with Gasteiger partial charge in [0.05, 0.1) is 12.5 Å². The van der Waals surface area contributed by atoms with Crippen LogP contribution < -0.4 is 0 Å². The van der Waals surface area contributed by atoms with E-state index in [1.807, 2.05) is 33.9 Å². The van der Waals surface area contributed by atoms with E-state index in [1.165, 1.54) is 0 Å². The van der Waals surface area contributed by atoms with Crippen LogP contribution in [0.25, 0.3) is 0 Å². The molecular formula is C11H24O3Si. The molecule has 1 atom stereocenters. The van der Waals surface area contributed by atoms with Crippen molar-refractivity contribution in [3.8, 4) is 0 Å². The molecule has 15 heavy (non-hydrogen) atoms. The lowest BCUT2D eigenvalue weighted by Gasteiger charge is -2.36. The topological polar surface area (TPSA) is 46.5 Å². The van der Waals surface area contributed by atoms with E-state index in [2.05, 4.69) is 0 Å². The lowest BCUT2D eigenvalue weighted by molar-refractivity contribution is -0.147. The molecule has 0 aliphatic rings. The molecule has 0 aliphatic heterocycles. The zero-order valence-corrected chi connectivity index (χ0v) is 11.8. The standard InChI is InChI=1S/C11H24O3Si/c1-7-14-10(12)9(2)8-11(3,4)15(5,6)13/h9,13H,7-8H2,1-6H3/t9-/m1/s1. The van der Waals surface area contributed by atoms with Crippen molar-refractivity contribution in [3.63, 3.8) is 0 Å². The molecule has 90 valence electrons. The Morgan fingerprint density at radius 1 is 1.47 bits per heavy atom. The van der Waals surface area contributed by atoms with Crippen LogP contribution in [0.15, 0.2) is 0 Å². The Kier molecular flexibility index (Phi) is 5.00. The van der Waals surface area contributed by atoms with E-state index in [0.717, 1.165) is 0 Å². The smallest absolute Gasteiger partial charge is 0.308 e. The van der Waals surface area contributed by atoms with Crippen molar-refractivity contribution in [2.75, 3.05) is 6.61 Å². The van der Waals surface area contributed by atoms with Crippen molar-refractivity contribution >= 4 is 14.3 Å². The Hall–Kier alpha value is -0.353. The summed E-state index contributed by atoms with van der Waals surface area (Å²) in [5, 5.41) is -0.167. The minimum Gasteiger partial charge on any atom is -0.466 e. The molecule has 0 aromatic heterocycles. The van der Waals surface area contributed by atoms with Gasteiger partial charge in [0.15, 0.2) is 8.32 Å². The fourth-order valence-corrected chi connectivity index (χ4v) is 2.19. The number of hydrogen-bond acceptors (Lipinski definition) is 3. The van der Waals surface area contributed by atoms with E-state index in [9.17, 15) is 9.59 Å². The summed E-state index contributed by atoms with van der Waals surface area (Å²) < 4.78 is 4.96. The molecule has 0 unspecified atom stereocenters. The molecule has 0 aliphatic carbocycles. The molecule has 0 aromatic carbocycles. The molecule has 0 amide bonds. The summed E-state index contributed by atoms with van der Waals surface area (Å²) >= 11 is 0. The molecule has 4 heteroatoms. The Morgan fingerprint density at radius 3 is 2.27 bits per heavy atom. The van der Waals surface area contributed by atoms with E-state index >= 15 is 0 Å². The van der Waals surface area contributed by atoms with Gasteiger partial charge in [-0.15, -0.1) is 0 Å². The Morgan fingerprint density at radius 2 is 1.93 bits per heavy atom. The lowest BCUT2D eigenvalue weighted by atomic mass is 9.98. The monoisotopic (exact) mass is 232 g/mol. The first-order valence-electron chi connectivity index (χ1n) is 5.51. The van der Waals surface area contributed by atoms with E-state index in [-0.39, 0.29) is 16.9 Å². The highest BCUT2D eigenvalue weighted by atomic mass is 28.4. The third-order valence-electron chi connectivity index (χ3n) is 3.16. The summed E-state index contributed by atoms with van der Waals surface area (Å²) in [5.41, 5.74) is 0. The van der Waals surface area contributed by atoms with E-state index in [1.54, 1.807) is 6.92 Å². The first-order chi connectivity index (χ1) is 6.62. The van der Waals surface area contributed by atoms with Crippen LogP contribution in [-0.4, -0.2) is 25.7 Å². The number of esters is 1. The molecule has 0 saturated heterocycles. The second-order valence-corrected chi connectivity index (χ2v) is 9.77. The number of carbonyl (C=O) groups is 1. The first kappa shape index (κ1) is 14.6. The summed E-state index contributed by atoms with van der Waals surface area (Å²) in [5.74, 6) is -0.303. The third-order valence-corrected chi connectivity index (χ3v) is 6.68. The van der Waals surface area contributed by atoms with Crippen molar-refractivity contribution in [2.24, 2.45) is 5.92 Å². The van der Waals surface area contributed by atoms with Crippen LogP contribution >= 0.6 is 0 Å². The van der Waals surface area contributed by atoms with Gasteiger partial charge in [-0.05, 0) is 31.5 Å². The molecule has 0 spiro atoms. The molecule has 3 nitrogen and oxygen atoms in total. The maximum absolute atomic E-state index is 11.5. The SMILES string of the molecule is CCOC(=O)[C@H](C)CC(C)(C)[Si](C)(C)O. The lowest BCUT2D eigenvalue weighted by Crippen LogP contribution is -2.40. The van der Waals surface area contributed by atoms with Crippen molar-refractivity contribution in [3.05, 3.63) is 0 Å². The highest BCUT2D eigenvalue weighted by Gasteiger charge is 2.40. The highest BCUT2D eigenvalue weighted by Crippen LogP contribution is 2.41. The Labute approximate surface area is 94.0 Å². The van der Waals surface area contributed by atoms with Crippen LogP contribution in [0.2, 0.25) is 18.1 Å². The molecule has 0 saturated carbocycles. The van der Waals surface area contributed by atoms with E-state index < -0.39 is 8.32 Å². The van der Waals surface area contributed by atoms with Gasteiger partial charge in [-0.3, -0.25) is 4.79 Å². The quantitative estimate of drug-likeness (QED) is 0.585. The number of carbonyl (C=O) groups excluding carboxylic acids is 1. The second-order valence-electron chi connectivity index (χ2n) is 5.30. The molecule has 1 N–H and O–H groups in total. The van der Waals surface area contributed by atoms with Crippen LogP contribution in [-0.2, 0) is 9.53 Å². The minimum atomic E-state index is -2.22. The van der Waals surface area contributed by atoms with Gasteiger partial charge >= 0.3 is 5.97 Å². The van der Waals surface area contributed by atoms with E-state index in [0.29, 0.717) is 13.0 Å². The van der Waals surface area contributed by atoms with Gasteiger partial charge in [0.2, 0.25) is 0 Å². The number of rotatable bonds is 5. The number of hydrogen-bond donors (Lipinski definition) is 1. The summed E-state index contributed by atoms with van der Waals surface area (Å²) in [6.07, 6.45) is 0.682. The first-order valence-corrected chi connectivity index (χ1v) is 8.45. The van der Waals surface area contributed by atoms with Gasteiger partial charge in [-0.1, -0.05) is 20.8 Å². The summed E-state index contributed by atoms with van der Waals surface area (Å²) in [6, 6.07) is 0. The second kappa shape index (κ2) is 5.12. The average Bonchev–Trinajstić information content (AvgIpc) is 2.01. The molecule has 0 heterocycles. The van der Waals surface area contributed by atoms with Crippen LogP contribution in [0.5, 0.6) is 0 Å². The molecule has 0 fully saturated rings. The van der Waals surface area contributed by atoms with Crippen molar-refractivity contribution < 1.29 is 14.3 Å². The Balaban J connectivity index is 4.40. The average molecular weight is 232 g/mol. The fourth-order valence-electron chi connectivity index (χ4n) is 1.38. The fraction of sp³-hybridized carbons (Fsp3) is 0.909. The van der Waals surface area contributed by atoms with Gasteiger partial charge < -0.3 is 9.53 Å². The van der Waals surface area contributed by atoms with Crippen molar-refractivity contribution in [1.29, 1.82) is 0 Å². The van der Waals surface area contributed by atoms with Gasteiger partial charge in [0.1, 0.15) is 0 Å². The van der Waals surface area contributed by atoms with Gasteiger partial charge in [0, 0.05) is 0 Å². The molecule has 0 rings (SSSR count). The zero-order valence-electron chi connectivity index (χ0n) is 10.8. The summed E-state index contributed by atoms with van der Waals surface area (Å²) in [6.45, 7) is 11.9. The molecule has 0 aromatic rings. The number of ether oxygens (including phenoxy) is 1. The highest BCUT2D eigenvalue weighted by molar-refractivity contribution is 6.72. The van der Waals surface area contributed by atoms with Crippen molar-refractivity contribution in [2.45, 2.75) is 52.2 Å². The summed E-state index contributed by atoms with van der Waals surface area (Å²) in [7, 11) is -2.22. The predicted octanol–water partition coefficient (Wildman–Crippen LogP) is 2.55. The van der Waals surface area contributed by atoms with Crippen LogP contribution in [0.1, 0.15) is 34.1 Å². The van der Waals surface area contributed by atoms with Gasteiger partial charge in [0.25, 0.3) is 0 Å². The largest absolute Gasteiger partial charge is 0.466 e. The van der Waals surface area contributed by atoms with Crippen LogP contribution in [0.3, 0.4) is 0 Å². The predicted molar refractivity (Wildman–Crippen MR) is 64.2 cm³/mol. The van der Waals surface area contributed by atoms with Crippen LogP contribution in [0, 0.1) is 5.92 Å².